The van der Waals surface area contributed by atoms with E-state index in [1.807, 2.05) is 20.2 Å². The van der Waals surface area contributed by atoms with Crippen LogP contribution in [0.25, 0.3) is 11.0 Å². The molecule has 4 nitrogen and oxygen atoms in total. The fourth-order valence-corrected chi connectivity index (χ4v) is 3.13. The molecule has 1 aliphatic carbocycles. The highest BCUT2D eigenvalue weighted by molar-refractivity contribution is 5.78. The normalized spacial score (nSPS) is 16.9. The third-order valence-corrected chi connectivity index (χ3v) is 4.16. The van der Waals surface area contributed by atoms with E-state index >= 15 is 0 Å². The topological polar surface area (TPSA) is 42.7 Å². The van der Waals surface area contributed by atoms with Crippen LogP contribution >= 0.6 is 0 Å². The van der Waals surface area contributed by atoms with Crippen molar-refractivity contribution in [1.29, 1.82) is 0 Å². The molecular formula is C15H22N4. The zero-order chi connectivity index (χ0) is 13.2. The Kier molecular flexibility index (Phi) is 3.40. The van der Waals surface area contributed by atoms with Crippen LogP contribution in [0.4, 0.5) is 5.95 Å². The first-order valence-electron chi connectivity index (χ1n) is 7.28. The molecule has 2 heterocycles. The number of anilines is 1. The summed E-state index contributed by atoms with van der Waals surface area (Å²) in [6.45, 7) is 3.12. The van der Waals surface area contributed by atoms with Crippen molar-refractivity contribution in [2.75, 3.05) is 12.4 Å². The zero-order valence-corrected chi connectivity index (χ0v) is 11.8. The summed E-state index contributed by atoms with van der Waals surface area (Å²) in [6.07, 6.45) is 8.76. The van der Waals surface area contributed by atoms with E-state index in [9.17, 15) is 0 Å². The summed E-state index contributed by atoms with van der Waals surface area (Å²) in [6, 6.07) is 2.14. The fraction of sp³-hybridized carbons (Fsp3) is 0.600. The number of imidazole rings is 1. The van der Waals surface area contributed by atoms with E-state index in [1.54, 1.807) is 0 Å². The summed E-state index contributed by atoms with van der Waals surface area (Å²) < 4.78 is 2.33. The van der Waals surface area contributed by atoms with Crippen LogP contribution in [0.3, 0.4) is 0 Å². The molecule has 3 rings (SSSR count). The van der Waals surface area contributed by atoms with Crippen molar-refractivity contribution >= 4 is 17.0 Å². The largest absolute Gasteiger partial charge is 0.359 e. The fourth-order valence-electron chi connectivity index (χ4n) is 3.13. The van der Waals surface area contributed by atoms with Crippen molar-refractivity contribution in [2.24, 2.45) is 5.92 Å². The van der Waals surface area contributed by atoms with Crippen LogP contribution in [0.1, 0.15) is 37.8 Å². The average molecular weight is 258 g/mol. The smallest absolute Gasteiger partial charge is 0.203 e. The highest BCUT2D eigenvalue weighted by atomic mass is 15.2. The molecule has 0 spiro atoms. The van der Waals surface area contributed by atoms with Crippen molar-refractivity contribution < 1.29 is 0 Å². The van der Waals surface area contributed by atoms with Crippen LogP contribution in [0.2, 0.25) is 0 Å². The lowest BCUT2D eigenvalue weighted by Crippen LogP contribution is -2.15. The molecule has 0 saturated heterocycles. The van der Waals surface area contributed by atoms with Crippen LogP contribution in [-0.2, 0) is 6.54 Å². The molecule has 0 radical (unpaired) electrons. The van der Waals surface area contributed by atoms with E-state index in [0.29, 0.717) is 0 Å². The Morgan fingerprint density at radius 1 is 1.32 bits per heavy atom. The Bertz CT molecular complexity index is 567. The third-order valence-electron chi connectivity index (χ3n) is 4.16. The monoisotopic (exact) mass is 258 g/mol. The van der Waals surface area contributed by atoms with Gasteiger partial charge in [-0.2, -0.15) is 0 Å². The van der Waals surface area contributed by atoms with Gasteiger partial charge in [0.1, 0.15) is 5.52 Å². The first kappa shape index (κ1) is 12.5. The van der Waals surface area contributed by atoms with Crippen molar-refractivity contribution in [1.82, 2.24) is 14.5 Å². The lowest BCUT2D eigenvalue weighted by atomic mass is 9.89. The lowest BCUT2D eigenvalue weighted by molar-refractivity contribution is 0.323. The minimum Gasteiger partial charge on any atom is -0.359 e. The summed E-state index contributed by atoms with van der Waals surface area (Å²) in [5.74, 6) is 1.76. The summed E-state index contributed by atoms with van der Waals surface area (Å²) in [5, 5.41) is 3.22. The van der Waals surface area contributed by atoms with E-state index in [-0.39, 0.29) is 0 Å². The van der Waals surface area contributed by atoms with Gasteiger partial charge in [-0.1, -0.05) is 19.3 Å². The van der Waals surface area contributed by atoms with E-state index in [2.05, 4.69) is 25.9 Å². The maximum absolute atomic E-state index is 4.63. The number of hydrogen-bond acceptors (Lipinski definition) is 3. The molecule has 0 aromatic carbocycles. The van der Waals surface area contributed by atoms with E-state index in [1.165, 1.54) is 37.6 Å². The SMILES string of the molecule is CNc1nc2cnc(C)cc2n1CC1CCCCC1. The number of aryl methyl sites for hydroxylation is 1. The van der Waals surface area contributed by atoms with Crippen molar-refractivity contribution in [3.8, 4) is 0 Å². The van der Waals surface area contributed by atoms with Crippen LogP contribution in [0, 0.1) is 12.8 Å². The molecule has 0 aliphatic heterocycles. The lowest BCUT2D eigenvalue weighted by Gasteiger charge is -2.23. The average Bonchev–Trinajstić information content (AvgIpc) is 2.78. The molecule has 1 aliphatic rings. The van der Waals surface area contributed by atoms with Gasteiger partial charge in [-0.3, -0.25) is 4.98 Å². The third kappa shape index (κ3) is 2.44. The quantitative estimate of drug-likeness (QED) is 0.918. The molecular weight excluding hydrogens is 236 g/mol. The van der Waals surface area contributed by atoms with Crippen LogP contribution in [-0.4, -0.2) is 21.6 Å². The minimum absolute atomic E-state index is 0.798. The Morgan fingerprint density at radius 2 is 2.11 bits per heavy atom. The molecule has 1 N–H and O–H groups in total. The van der Waals surface area contributed by atoms with Crippen LogP contribution in [0.15, 0.2) is 12.3 Å². The van der Waals surface area contributed by atoms with Crippen molar-refractivity contribution in [3.63, 3.8) is 0 Å². The molecule has 0 bridgehead atoms. The number of aromatic nitrogens is 3. The number of hydrogen-bond donors (Lipinski definition) is 1. The van der Waals surface area contributed by atoms with Gasteiger partial charge >= 0.3 is 0 Å². The highest BCUT2D eigenvalue weighted by Gasteiger charge is 2.17. The number of nitrogens with zero attached hydrogens (tertiary/aromatic N) is 3. The number of rotatable bonds is 3. The van der Waals surface area contributed by atoms with Crippen LogP contribution < -0.4 is 5.32 Å². The Morgan fingerprint density at radius 3 is 2.84 bits per heavy atom. The maximum atomic E-state index is 4.63. The van der Waals surface area contributed by atoms with Gasteiger partial charge in [-0.05, 0) is 31.7 Å². The Balaban J connectivity index is 1.97. The summed E-state index contributed by atoms with van der Waals surface area (Å²) >= 11 is 0. The molecule has 2 aromatic heterocycles. The second-order valence-corrected chi connectivity index (χ2v) is 5.61. The standard InChI is InChI=1S/C15H22N4/c1-11-8-14-13(9-17-11)18-15(16-2)19(14)10-12-6-4-3-5-7-12/h8-9,12H,3-7,10H2,1-2H3,(H,16,18). The molecule has 1 fully saturated rings. The van der Waals surface area contributed by atoms with Gasteiger partial charge in [0.25, 0.3) is 0 Å². The summed E-state index contributed by atoms with van der Waals surface area (Å²) in [7, 11) is 1.94. The molecule has 1 saturated carbocycles. The van der Waals surface area contributed by atoms with Crippen molar-refractivity contribution in [2.45, 2.75) is 45.6 Å². The Labute approximate surface area is 114 Å². The van der Waals surface area contributed by atoms with Crippen molar-refractivity contribution in [3.05, 3.63) is 18.0 Å². The van der Waals surface area contributed by atoms with Gasteiger partial charge in [-0.25, -0.2) is 4.98 Å². The van der Waals surface area contributed by atoms with Gasteiger partial charge in [0, 0.05) is 19.3 Å². The first-order valence-corrected chi connectivity index (χ1v) is 7.28. The van der Waals surface area contributed by atoms with Gasteiger partial charge < -0.3 is 9.88 Å². The molecule has 2 aromatic rings. The molecule has 102 valence electrons. The predicted octanol–water partition coefficient (Wildman–Crippen LogP) is 3.36. The first-order chi connectivity index (χ1) is 9.28. The van der Waals surface area contributed by atoms with Gasteiger partial charge in [0.05, 0.1) is 11.7 Å². The van der Waals surface area contributed by atoms with Crippen LogP contribution in [0.5, 0.6) is 0 Å². The Hall–Kier alpha value is -1.58. The molecule has 0 atom stereocenters. The van der Waals surface area contributed by atoms with E-state index in [4.69, 9.17) is 0 Å². The van der Waals surface area contributed by atoms with Gasteiger partial charge in [-0.15, -0.1) is 0 Å². The van der Waals surface area contributed by atoms with E-state index < -0.39 is 0 Å². The second-order valence-electron chi connectivity index (χ2n) is 5.61. The minimum atomic E-state index is 0.798. The van der Waals surface area contributed by atoms with Gasteiger partial charge in [0.2, 0.25) is 5.95 Å². The summed E-state index contributed by atoms with van der Waals surface area (Å²) in [5.41, 5.74) is 3.26. The van der Waals surface area contributed by atoms with Gasteiger partial charge in [0.15, 0.2) is 0 Å². The van der Waals surface area contributed by atoms with E-state index in [0.717, 1.165) is 29.6 Å². The number of pyridine rings is 1. The number of nitrogens with one attached hydrogen (secondary N) is 1. The number of fused-ring (bicyclic) bond motifs is 1. The molecule has 4 heteroatoms. The molecule has 0 unspecified atom stereocenters. The zero-order valence-electron chi connectivity index (χ0n) is 11.8. The maximum Gasteiger partial charge on any atom is 0.203 e. The predicted molar refractivity (Wildman–Crippen MR) is 78.4 cm³/mol. The molecule has 0 amide bonds. The highest BCUT2D eigenvalue weighted by Crippen LogP contribution is 2.28. The molecule has 19 heavy (non-hydrogen) atoms. The second kappa shape index (κ2) is 5.19. The summed E-state index contributed by atoms with van der Waals surface area (Å²) in [4.78, 5) is 8.97.